The molecule has 1 fully saturated rings. The highest BCUT2D eigenvalue weighted by molar-refractivity contribution is 5.80. The van der Waals surface area contributed by atoms with E-state index in [9.17, 15) is 14.7 Å². The fourth-order valence-corrected chi connectivity index (χ4v) is 3.55. The van der Waals surface area contributed by atoms with Crippen molar-refractivity contribution in [3.05, 3.63) is 41.5 Å². The zero-order valence-corrected chi connectivity index (χ0v) is 15.6. The van der Waals surface area contributed by atoms with E-state index in [-0.39, 0.29) is 43.0 Å². The molecule has 0 spiro atoms. The third-order valence-electron chi connectivity index (χ3n) is 4.80. The van der Waals surface area contributed by atoms with Gasteiger partial charge in [-0.3, -0.25) is 9.59 Å². The summed E-state index contributed by atoms with van der Waals surface area (Å²) in [4.78, 5) is 25.7. The smallest absolute Gasteiger partial charge is 0.249 e. The van der Waals surface area contributed by atoms with E-state index < -0.39 is 0 Å². The van der Waals surface area contributed by atoms with Crippen molar-refractivity contribution in [1.82, 2.24) is 10.2 Å². The first-order valence-corrected chi connectivity index (χ1v) is 8.97. The summed E-state index contributed by atoms with van der Waals surface area (Å²) in [6, 6.07) is 7.58. The van der Waals surface area contributed by atoms with Gasteiger partial charge < -0.3 is 20.1 Å². The average Bonchev–Trinajstić information content (AvgIpc) is 2.62. The Morgan fingerprint density at radius 3 is 2.50 bits per heavy atom. The molecule has 0 bridgehead atoms. The van der Waals surface area contributed by atoms with Gasteiger partial charge in [-0.2, -0.15) is 0 Å². The van der Waals surface area contributed by atoms with Gasteiger partial charge in [0.25, 0.3) is 0 Å². The van der Waals surface area contributed by atoms with Gasteiger partial charge >= 0.3 is 0 Å². The van der Waals surface area contributed by atoms with Crippen LogP contribution in [0.2, 0.25) is 0 Å². The van der Waals surface area contributed by atoms with Crippen LogP contribution in [-0.4, -0.2) is 60.8 Å². The zero-order valence-electron chi connectivity index (χ0n) is 15.6. The minimum atomic E-state index is -0.311. The van der Waals surface area contributed by atoms with Gasteiger partial charge in [-0.15, -0.1) is 0 Å². The number of aliphatic hydroxyl groups is 1. The van der Waals surface area contributed by atoms with Crippen molar-refractivity contribution in [1.29, 1.82) is 0 Å². The number of amides is 2. The number of methoxy groups -OCH3 is 1. The molecule has 0 radical (unpaired) electrons. The second-order valence-electron chi connectivity index (χ2n) is 6.40. The van der Waals surface area contributed by atoms with Gasteiger partial charge in [-0.25, -0.2) is 0 Å². The Morgan fingerprint density at radius 1 is 1.27 bits per heavy atom. The Labute approximate surface area is 154 Å². The third-order valence-corrected chi connectivity index (χ3v) is 4.80. The van der Waals surface area contributed by atoms with Crippen molar-refractivity contribution in [2.75, 3.05) is 26.9 Å². The minimum Gasteiger partial charge on any atom is -0.394 e. The van der Waals surface area contributed by atoms with Crippen LogP contribution >= 0.6 is 0 Å². The summed E-state index contributed by atoms with van der Waals surface area (Å²) in [7, 11) is 1.47. The number of ether oxygens (including phenoxy) is 1. The molecular weight excluding hydrogens is 332 g/mol. The summed E-state index contributed by atoms with van der Waals surface area (Å²) in [5, 5.41) is 12.7. The lowest BCUT2D eigenvalue weighted by molar-refractivity contribution is -0.155. The van der Waals surface area contributed by atoms with Crippen molar-refractivity contribution in [3.8, 4) is 0 Å². The molecule has 1 aliphatic heterocycles. The first-order chi connectivity index (χ1) is 12.6. The summed E-state index contributed by atoms with van der Waals surface area (Å²) >= 11 is 0. The number of likely N-dealkylation sites (tertiary alicyclic amines) is 1. The topological polar surface area (TPSA) is 78.9 Å². The lowest BCUT2D eigenvalue weighted by Crippen LogP contribution is -2.69. The number of carbonyl (C=O) groups is 2. The lowest BCUT2D eigenvalue weighted by atomic mass is 9.74. The molecule has 2 N–H and O–H groups in total. The van der Waals surface area contributed by atoms with E-state index in [1.807, 2.05) is 43.3 Å². The highest BCUT2D eigenvalue weighted by atomic mass is 16.5. The minimum absolute atomic E-state index is 0.0300. The second-order valence-corrected chi connectivity index (χ2v) is 6.40. The average molecular weight is 360 g/mol. The number of rotatable bonds is 8. The molecule has 0 aromatic heterocycles. The number of hydrogen-bond acceptors (Lipinski definition) is 4. The van der Waals surface area contributed by atoms with E-state index in [2.05, 4.69) is 5.32 Å². The van der Waals surface area contributed by atoms with Crippen LogP contribution in [0.1, 0.15) is 37.3 Å². The largest absolute Gasteiger partial charge is 0.394 e. The Hall–Kier alpha value is -2.18. The van der Waals surface area contributed by atoms with Crippen LogP contribution in [0.5, 0.6) is 0 Å². The van der Waals surface area contributed by atoms with Crippen molar-refractivity contribution >= 4 is 17.9 Å². The Balaban J connectivity index is 2.24. The fourth-order valence-electron chi connectivity index (χ4n) is 3.55. The van der Waals surface area contributed by atoms with Crippen molar-refractivity contribution in [2.24, 2.45) is 0 Å². The normalized spacial score (nSPS) is 22.3. The molecule has 0 aliphatic carbocycles. The number of allylic oxidation sites excluding steroid dienone is 1. The molecule has 1 aromatic carbocycles. The monoisotopic (exact) mass is 360 g/mol. The van der Waals surface area contributed by atoms with Crippen LogP contribution < -0.4 is 5.32 Å². The van der Waals surface area contributed by atoms with Crippen molar-refractivity contribution in [2.45, 2.75) is 38.3 Å². The Morgan fingerprint density at radius 2 is 1.96 bits per heavy atom. The van der Waals surface area contributed by atoms with Gasteiger partial charge in [0.2, 0.25) is 11.8 Å². The van der Waals surface area contributed by atoms with E-state index >= 15 is 0 Å². The number of carbonyl (C=O) groups excluding carboxylic acids is 2. The molecule has 26 heavy (non-hydrogen) atoms. The molecule has 1 heterocycles. The molecule has 3 atom stereocenters. The first-order valence-electron chi connectivity index (χ1n) is 8.97. The van der Waals surface area contributed by atoms with Gasteiger partial charge in [0.05, 0.1) is 18.7 Å². The first kappa shape index (κ1) is 20.1. The molecule has 6 heteroatoms. The van der Waals surface area contributed by atoms with E-state index in [4.69, 9.17) is 4.74 Å². The molecule has 6 nitrogen and oxygen atoms in total. The lowest BCUT2D eigenvalue weighted by Gasteiger charge is -2.55. The fraction of sp³-hybridized carbons (Fsp3) is 0.500. The maximum atomic E-state index is 12.4. The Kier molecular flexibility index (Phi) is 7.36. The number of nitrogens with one attached hydrogen (secondary N) is 1. The highest BCUT2D eigenvalue weighted by Gasteiger charge is 2.50. The quantitative estimate of drug-likeness (QED) is 0.737. The van der Waals surface area contributed by atoms with Crippen LogP contribution in [0, 0.1) is 0 Å². The summed E-state index contributed by atoms with van der Waals surface area (Å²) in [5.74, 6) is -0.263. The molecule has 2 amide bonds. The van der Waals surface area contributed by atoms with Gasteiger partial charge in [0.1, 0.15) is 6.61 Å². The summed E-state index contributed by atoms with van der Waals surface area (Å²) in [5.41, 5.74) is 2.15. The molecule has 1 aromatic rings. The predicted octanol–water partition coefficient (Wildman–Crippen LogP) is 1.55. The van der Waals surface area contributed by atoms with Crippen LogP contribution in [0.15, 0.2) is 30.3 Å². The standard InChI is InChI=1S/C20H28N2O4/c1-4-6-14-7-9-15(10-8-14)20-16(11-21-18(24)5-2)22(17(20)12-23)19(25)13-26-3/h4,6-10,16-17,20,23H,5,11-13H2,1-3H3,(H,21,24)/b6-4+/t16-,17-,20+/m1/s1. The molecule has 1 saturated heterocycles. The molecular formula is C20H28N2O4. The van der Waals surface area contributed by atoms with Crippen LogP contribution in [0.3, 0.4) is 0 Å². The summed E-state index contributed by atoms with van der Waals surface area (Å²) < 4.78 is 4.96. The van der Waals surface area contributed by atoms with Gasteiger partial charge in [-0.1, -0.05) is 43.3 Å². The second kappa shape index (κ2) is 9.50. The molecule has 1 aliphatic rings. The van der Waals surface area contributed by atoms with Gasteiger partial charge in [-0.05, 0) is 18.1 Å². The highest BCUT2D eigenvalue weighted by Crippen LogP contribution is 2.40. The maximum Gasteiger partial charge on any atom is 0.249 e. The Bertz CT molecular complexity index is 642. The van der Waals surface area contributed by atoms with Crippen LogP contribution in [0.4, 0.5) is 0 Å². The number of hydrogen-bond donors (Lipinski definition) is 2. The van der Waals surface area contributed by atoms with E-state index in [1.54, 1.807) is 11.8 Å². The molecule has 2 rings (SSSR count). The number of benzene rings is 1. The maximum absolute atomic E-state index is 12.4. The molecule has 0 unspecified atom stereocenters. The molecule has 0 saturated carbocycles. The molecule has 142 valence electrons. The zero-order chi connectivity index (χ0) is 19.1. The van der Waals surface area contributed by atoms with Gasteiger partial charge in [0.15, 0.2) is 0 Å². The summed E-state index contributed by atoms with van der Waals surface area (Å²) in [6.07, 6.45) is 4.38. The predicted molar refractivity (Wildman–Crippen MR) is 101 cm³/mol. The van der Waals surface area contributed by atoms with Crippen LogP contribution in [0.25, 0.3) is 6.08 Å². The van der Waals surface area contributed by atoms with Crippen molar-refractivity contribution in [3.63, 3.8) is 0 Å². The van der Waals surface area contributed by atoms with Gasteiger partial charge in [0, 0.05) is 26.0 Å². The number of nitrogens with zero attached hydrogens (tertiary/aromatic N) is 1. The SMILES string of the molecule is C/C=C/c1ccc([C@@H]2[C@@H](CO)N(C(=O)COC)[C@@H]2CNC(=O)CC)cc1. The van der Waals surface area contributed by atoms with E-state index in [0.717, 1.165) is 11.1 Å². The van der Waals surface area contributed by atoms with E-state index in [1.165, 1.54) is 7.11 Å². The van der Waals surface area contributed by atoms with Crippen LogP contribution in [-0.2, 0) is 14.3 Å². The van der Waals surface area contributed by atoms with Crippen molar-refractivity contribution < 1.29 is 19.4 Å². The summed E-state index contributed by atoms with van der Waals surface area (Å²) in [6.45, 7) is 3.95. The third kappa shape index (κ3) is 4.31. The van der Waals surface area contributed by atoms with E-state index in [0.29, 0.717) is 13.0 Å². The number of aliphatic hydroxyl groups excluding tert-OH is 1.